The largest absolute Gasteiger partial charge is 0.384 e. The number of Topliss-reactive ketones (excluding diaryl/α,β-unsaturated/α-hetero) is 1. The van der Waals surface area contributed by atoms with Crippen molar-refractivity contribution in [3.8, 4) is 0 Å². The van der Waals surface area contributed by atoms with Gasteiger partial charge in [0.15, 0.2) is 5.78 Å². The van der Waals surface area contributed by atoms with E-state index in [0.717, 1.165) is 0 Å². The quantitative estimate of drug-likeness (QED) is 0.584. The third-order valence-electron chi connectivity index (χ3n) is 1.55. The van der Waals surface area contributed by atoms with Gasteiger partial charge in [-0.1, -0.05) is 13.8 Å². The van der Waals surface area contributed by atoms with E-state index in [4.69, 9.17) is 10.8 Å². The molecule has 1 unspecified atom stereocenters. The third-order valence-corrected chi connectivity index (χ3v) is 1.55. The lowest BCUT2D eigenvalue weighted by Gasteiger charge is -2.19. The lowest BCUT2D eigenvalue weighted by Crippen LogP contribution is -2.43. The predicted octanol–water partition coefficient (Wildman–Crippen LogP) is -0.0804. The van der Waals surface area contributed by atoms with E-state index >= 15 is 0 Å². The molecule has 0 heterocycles. The number of hydrogen-bond donors (Lipinski definition) is 2. The highest BCUT2D eigenvalue weighted by Crippen LogP contribution is 2.03. The van der Waals surface area contributed by atoms with Gasteiger partial charge in [-0.2, -0.15) is 0 Å². The number of hydrogen-bond acceptors (Lipinski definition) is 3. The molecular weight excluding hydrogens is 130 g/mol. The van der Waals surface area contributed by atoms with Crippen LogP contribution in [0.1, 0.15) is 20.8 Å². The average Bonchev–Trinajstić information content (AvgIpc) is 1.84. The Balaban J connectivity index is 3.94. The molecule has 0 amide bonds. The smallest absolute Gasteiger partial charge is 0.159 e. The van der Waals surface area contributed by atoms with Gasteiger partial charge in [0.25, 0.3) is 0 Å². The second-order valence-corrected chi connectivity index (χ2v) is 2.88. The summed E-state index contributed by atoms with van der Waals surface area (Å²) >= 11 is 0. The standard InChI is InChI=1S/C7H15NO2/c1-4(2)6(8)7(10)5(3)9/h4,6-7,10H,8H2,1-3H3/t6-,7?/m0/s1. The van der Waals surface area contributed by atoms with Crippen molar-refractivity contribution in [3.05, 3.63) is 0 Å². The highest BCUT2D eigenvalue weighted by atomic mass is 16.3. The van der Waals surface area contributed by atoms with Crippen molar-refractivity contribution in [2.75, 3.05) is 0 Å². The van der Waals surface area contributed by atoms with E-state index in [1.807, 2.05) is 13.8 Å². The molecule has 3 heteroatoms. The van der Waals surface area contributed by atoms with E-state index in [9.17, 15) is 4.79 Å². The van der Waals surface area contributed by atoms with Crippen LogP contribution in [0.4, 0.5) is 0 Å². The number of nitrogens with two attached hydrogens (primary N) is 1. The number of aliphatic hydroxyl groups excluding tert-OH is 1. The second-order valence-electron chi connectivity index (χ2n) is 2.88. The van der Waals surface area contributed by atoms with Crippen LogP contribution < -0.4 is 5.73 Å². The fourth-order valence-corrected chi connectivity index (χ4v) is 0.636. The number of carbonyl (C=O) groups is 1. The van der Waals surface area contributed by atoms with Gasteiger partial charge in [-0.05, 0) is 12.8 Å². The molecule has 0 aromatic carbocycles. The van der Waals surface area contributed by atoms with Crippen molar-refractivity contribution >= 4 is 5.78 Å². The minimum Gasteiger partial charge on any atom is -0.384 e. The van der Waals surface area contributed by atoms with Gasteiger partial charge in [-0.3, -0.25) is 4.79 Å². The molecule has 0 fully saturated rings. The van der Waals surface area contributed by atoms with E-state index in [-0.39, 0.29) is 11.7 Å². The summed E-state index contributed by atoms with van der Waals surface area (Å²) in [6.07, 6.45) is -1.000. The normalized spacial score (nSPS) is 17.0. The van der Waals surface area contributed by atoms with E-state index in [0.29, 0.717) is 0 Å². The Bertz CT molecular complexity index is 123. The van der Waals surface area contributed by atoms with Crippen LogP contribution in [0.2, 0.25) is 0 Å². The summed E-state index contributed by atoms with van der Waals surface area (Å²) in [5.74, 6) is -0.125. The Morgan fingerprint density at radius 1 is 1.50 bits per heavy atom. The average molecular weight is 145 g/mol. The maximum Gasteiger partial charge on any atom is 0.159 e. The van der Waals surface area contributed by atoms with Gasteiger partial charge in [0.1, 0.15) is 6.10 Å². The zero-order valence-corrected chi connectivity index (χ0v) is 6.66. The zero-order valence-electron chi connectivity index (χ0n) is 6.66. The summed E-state index contributed by atoms with van der Waals surface area (Å²) in [5.41, 5.74) is 5.49. The number of rotatable bonds is 3. The first-order valence-corrected chi connectivity index (χ1v) is 3.41. The van der Waals surface area contributed by atoms with Gasteiger partial charge in [-0.25, -0.2) is 0 Å². The van der Waals surface area contributed by atoms with Gasteiger partial charge < -0.3 is 10.8 Å². The molecule has 0 saturated carbocycles. The van der Waals surface area contributed by atoms with Crippen molar-refractivity contribution in [1.29, 1.82) is 0 Å². The summed E-state index contributed by atoms with van der Waals surface area (Å²) < 4.78 is 0. The van der Waals surface area contributed by atoms with Gasteiger partial charge in [0.2, 0.25) is 0 Å². The van der Waals surface area contributed by atoms with Crippen LogP contribution in [-0.4, -0.2) is 23.0 Å². The van der Waals surface area contributed by atoms with E-state index in [2.05, 4.69) is 0 Å². The predicted molar refractivity (Wildman–Crippen MR) is 39.5 cm³/mol. The molecule has 0 spiro atoms. The van der Waals surface area contributed by atoms with E-state index in [1.54, 1.807) is 0 Å². The molecule has 0 bridgehead atoms. The van der Waals surface area contributed by atoms with Crippen LogP contribution in [0, 0.1) is 5.92 Å². The molecule has 0 aliphatic heterocycles. The molecule has 0 aromatic rings. The van der Waals surface area contributed by atoms with Crippen LogP contribution in [0.3, 0.4) is 0 Å². The summed E-state index contributed by atoms with van der Waals surface area (Å²) in [6, 6.07) is -0.433. The molecule has 0 rings (SSSR count). The Hall–Kier alpha value is -0.410. The van der Waals surface area contributed by atoms with E-state index < -0.39 is 12.1 Å². The molecule has 0 aromatic heterocycles. The molecule has 0 radical (unpaired) electrons. The Morgan fingerprint density at radius 3 is 2.00 bits per heavy atom. The lowest BCUT2D eigenvalue weighted by molar-refractivity contribution is -0.126. The van der Waals surface area contributed by atoms with Crippen molar-refractivity contribution in [2.24, 2.45) is 11.7 Å². The monoisotopic (exact) mass is 145 g/mol. The van der Waals surface area contributed by atoms with Crippen molar-refractivity contribution in [2.45, 2.75) is 32.9 Å². The highest BCUT2D eigenvalue weighted by molar-refractivity contribution is 5.80. The fraction of sp³-hybridized carbons (Fsp3) is 0.857. The molecule has 60 valence electrons. The van der Waals surface area contributed by atoms with Crippen molar-refractivity contribution in [3.63, 3.8) is 0 Å². The van der Waals surface area contributed by atoms with E-state index in [1.165, 1.54) is 6.92 Å². The SMILES string of the molecule is CC(=O)C(O)[C@@H](N)C(C)C. The minimum absolute atomic E-state index is 0.138. The topological polar surface area (TPSA) is 63.3 Å². The highest BCUT2D eigenvalue weighted by Gasteiger charge is 2.21. The maximum atomic E-state index is 10.6. The van der Waals surface area contributed by atoms with Crippen molar-refractivity contribution < 1.29 is 9.90 Å². The summed E-state index contributed by atoms with van der Waals surface area (Å²) in [5, 5.41) is 9.09. The Kier molecular flexibility index (Phi) is 3.53. The van der Waals surface area contributed by atoms with Crippen LogP contribution in [0.25, 0.3) is 0 Å². The molecule has 0 saturated heterocycles. The Morgan fingerprint density at radius 2 is 1.90 bits per heavy atom. The lowest BCUT2D eigenvalue weighted by atomic mass is 9.97. The molecular formula is C7H15NO2. The molecule has 3 N–H and O–H groups in total. The second kappa shape index (κ2) is 3.68. The maximum absolute atomic E-state index is 10.6. The third kappa shape index (κ3) is 2.45. The van der Waals surface area contributed by atoms with Gasteiger partial charge >= 0.3 is 0 Å². The van der Waals surface area contributed by atoms with Crippen LogP contribution in [0.15, 0.2) is 0 Å². The molecule has 3 nitrogen and oxygen atoms in total. The van der Waals surface area contributed by atoms with Gasteiger partial charge in [0.05, 0.1) is 0 Å². The summed E-state index contributed by atoms with van der Waals surface area (Å²) in [7, 11) is 0. The first-order valence-electron chi connectivity index (χ1n) is 3.41. The van der Waals surface area contributed by atoms with Crippen LogP contribution >= 0.6 is 0 Å². The summed E-state index contributed by atoms with van der Waals surface area (Å²) in [6.45, 7) is 5.08. The summed E-state index contributed by atoms with van der Waals surface area (Å²) in [4.78, 5) is 10.6. The number of aliphatic hydroxyl groups is 1. The van der Waals surface area contributed by atoms with Gasteiger partial charge in [0, 0.05) is 6.04 Å². The zero-order chi connectivity index (χ0) is 8.31. The first-order chi connectivity index (χ1) is 4.46. The minimum atomic E-state index is -1.000. The molecule has 10 heavy (non-hydrogen) atoms. The van der Waals surface area contributed by atoms with Gasteiger partial charge in [-0.15, -0.1) is 0 Å². The molecule has 2 atom stereocenters. The molecule has 0 aliphatic rings. The Labute approximate surface area is 61.2 Å². The van der Waals surface area contributed by atoms with Crippen LogP contribution in [-0.2, 0) is 4.79 Å². The van der Waals surface area contributed by atoms with Crippen LogP contribution in [0.5, 0.6) is 0 Å². The number of ketones is 1. The fourth-order valence-electron chi connectivity index (χ4n) is 0.636. The van der Waals surface area contributed by atoms with Crippen molar-refractivity contribution in [1.82, 2.24) is 0 Å². The first kappa shape index (κ1) is 9.59. The number of carbonyl (C=O) groups excluding carboxylic acids is 1. The molecule has 0 aliphatic carbocycles.